The Hall–Kier alpha value is -0.530. The molecule has 6 heteroatoms. The number of hydrogen-bond acceptors (Lipinski definition) is 2. The zero-order valence-corrected chi connectivity index (χ0v) is 16.2. The Morgan fingerprint density at radius 3 is 2.55 bits per heavy atom. The summed E-state index contributed by atoms with van der Waals surface area (Å²) in [6, 6.07) is 8.26. The molecule has 0 saturated heterocycles. The fourth-order valence-electron chi connectivity index (χ4n) is 2.77. The minimum atomic E-state index is 0. The van der Waals surface area contributed by atoms with Crippen LogP contribution in [0.15, 0.2) is 29.3 Å². The molecule has 1 fully saturated rings. The molecular formula is C16H25ClIN3O. The summed E-state index contributed by atoms with van der Waals surface area (Å²) in [7, 11) is 1.68. The van der Waals surface area contributed by atoms with Gasteiger partial charge in [0.25, 0.3) is 0 Å². The number of aliphatic imine (C=N–C) groups is 1. The summed E-state index contributed by atoms with van der Waals surface area (Å²) < 4.78 is 5.08. The summed E-state index contributed by atoms with van der Waals surface area (Å²) in [4.78, 5) is 4.53. The molecule has 3 N–H and O–H groups in total. The van der Waals surface area contributed by atoms with Gasteiger partial charge in [-0.2, -0.15) is 0 Å². The van der Waals surface area contributed by atoms with Gasteiger partial charge in [0, 0.05) is 23.6 Å². The molecule has 0 bridgehead atoms. The topological polar surface area (TPSA) is 59.6 Å². The number of rotatable bonds is 6. The van der Waals surface area contributed by atoms with E-state index in [-0.39, 0.29) is 35.4 Å². The predicted octanol–water partition coefficient (Wildman–Crippen LogP) is 3.32. The Morgan fingerprint density at radius 2 is 2.05 bits per heavy atom. The molecule has 1 saturated carbocycles. The third kappa shape index (κ3) is 4.99. The second-order valence-electron chi connectivity index (χ2n) is 5.84. The van der Waals surface area contributed by atoms with Crippen molar-refractivity contribution in [2.24, 2.45) is 10.7 Å². The van der Waals surface area contributed by atoms with Crippen molar-refractivity contribution < 1.29 is 4.74 Å². The van der Waals surface area contributed by atoms with Gasteiger partial charge in [0.2, 0.25) is 0 Å². The third-order valence-electron chi connectivity index (χ3n) is 4.13. The van der Waals surface area contributed by atoms with E-state index in [1.165, 1.54) is 12.0 Å². The lowest BCUT2D eigenvalue weighted by atomic mass is 9.64. The van der Waals surface area contributed by atoms with E-state index in [0.717, 1.165) is 17.9 Å². The largest absolute Gasteiger partial charge is 0.383 e. The summed E-state index contributed by atoms with van der Waals surface area (Å²) in [5.41, 5.74) is 7.39. The Morgan fingerprint density at radius 1 is 1.41 bits per heavy atom. The van der Waals surface area contributed by atoms with Crippen molar-refractivity contribution in [2.45, 2.75) is 37.6 Å². The highest BCUT2D eigenvalue weighted by atomic mass is 127. The van der Waals surface area contributed by atoms with Crippen molar-refractivity contribution >= 4 is 41.5 Å². The lowest BCUT2D eigenvalue weighted by Crippen LogP contribution is -2.43. The predicted molar refractivity (Wildman–Crippen MR) is 103 cm³/mol. The van der Waals surface area contributed by atoms with Crippen molar-refractivity contribution in [2.75, 3.05) is 20.3 Å². The molecule has 1 aliphatic rings. The molecule has 0 radical (unpaired) electrons. The number of methoxy groups -OCH3 is 1. The van der Waals surface area contributed by atoms with E-state index in [1.54, 1.807) is 7.11 Å². The number of benzene rings is 1. The van der Waals surface area contributed by atoms with E-state index >= 15 is 0 Å². The number of nitrogens with zero attached hydrogens (tertiary/aromatic N) is 1. The van der Waals surface area contributed by atoms with Gasteiger partial charge in [0.1, 0.15) is 0 Å². The van der Waals surface area contributed by atoms with Gasteiger partial charge in [-0.15, -0.1) is 24.0 Å². The van der Waals surface area contributed by atoms with Crippen LogP contribution in [0.5, 0.6) is 0 Å². The molecule has 1 unspecified atom stereocenters. The number of nitrogens with one attached hydrogen (secondary N) is 1. The molecule has 0 aromatic heterocycles. The third-order valence-corrected chi connectivity index (χ3v) is 4.38. The molecule has 124 valence electrons. The van der Waals surface area contributed by atoms with Gasteiger partial charge < -0.3 is 15.8 Å². The van der Waals surface area contributed by atoms with Crippen LogP contribution in [0, 0.1) is 0 Å². The molecule has 1 aliphatic carbocycles. The normalized spacial score (nSPS) is 18.0. The minimum Gasteiger partial charge on any atom is -0.383 e. The van der Waals surface area contributed by atoms with Crippen molar-refractivity contribution in [3.8, 4) is 0 Å². The zero-order chi connectivity index (χ0) is 15.3. The van der Waals surface area contributed by atoms with Crippen LogP contribution in [-0.2, 0) is 10.2 Å². The van der Waals surface area contributed by atoms with Crippen LogP contribution >= 0.6 is 35.6 Å². The first-order valence-corrected chi connectivity index (χ1v) is 7.75. The average Bonchev–Trinajstić information content (AvgIpc) is 2.39. The Bertz CT molecular complexity index is 489. The highest BCUT2D eigenvalue weighted by Crippen LogP contribution is 2.44. The second kappa shape index (κ2) is 8.93. The number of halogens is 2. The summed E-state index contributed by atoms with van der Waals surface area (Å²) >= 11 is 5.97. The molecule has 1 aromatic rings. The molecule has 0 amide bonds. The molecule has 22 heavy (non-hydrogen) atoms. The first kappa shape index (κ1) is 19.5. The van der Waals surface area contributed by atoms with Gasteiger partial charge in [0.05, 0.1) is 13.2 Å². The highest BCUT2D eigenvalue weighted by Gasteiger charge is 2.38. The van der Waals surface area contributed by atoms with Crippen molar-refractivity contribution in [1.82, 2.24) is 5.32 Å². The summed E-state index contributed by atoms with van der Waals surface area (Å²) in [5.74, 6) is 0.486. The van der Waals surface area contributed by atoms with Gasteiger partial charge in [-0.3, -0.25) is 4.99 Å². The van der Waals surface area contributed by atoms with E-state index in [9.17, 15) is 0 Å². The molecule has 0 spiro atoms. The zero-order valence-electron chi connectivity index (χ0n) is 13.1. The number of guanidine groups is 1. The molecule has 1 atom stereocenters. The van der Waals surface area contributed by atoms with E-state index in [2.05, 4.69) is 22.4 Å². The van der Waals surface area contributed by atoms with Crippen LogP contribution in [0.2, 0.25) is 5.02 Å². The van der Waals surface area contributed by atoms with Crippen LogP contribution < -0.4 is 11.1 Å². The average molecular weight is 438 g/mol. The summed E-state index contributed by atoms with van der Waals surface area (Å²) in [6.07, 6.45) is 3.55. The van der Waals surface area contributed by atoms with E-state index in [1.807, 2.05) is 19.1 Å². The maximum Gasteiger partial charge on any atom is 0.188 e. The van der Waals surface area contributed by atoms with Crippen molar-refractivity contribution in [1.29, 1.82) is 0 Å². The van der Waals surface area contributed by atoms with Crippen LogP contribution in [0.3, 0.4) is 0 Å². The van der Waals surface area contributed by atoms with Gasteiger partial charge in [-0.1, -0.05) is 30.2 Å². The number of hydrogen-bond donors (Lipinski definition) is 2. The summed E-state index contributed by atoms with van der Waals surface area (Å²) in [5, 5.41) is 3.91. The fraction of sp³-hybridized carbons (Fsp3) is 0.562. The van der Waals surface area contributed by atoms with E-state index in [4.69, 9.17) is 22.1 Å². The maximum atomic E-state index is 5.97. The molecule has 2 rings (SSSR count). The van der Waals surface area contributed by atoms with Crippen LogP contribution in [0.25, 0.3) is 0 Å². The number of ether oxygens (including phenoxy) is 1. The Kier molecular flexibility index (Phi) is 7.93. The molecule has 1 aromatic carbocycles. The van der Waals surface area contributed by atoms with E-state index in [0.29, 0.717) is 19.1 Å². The van der Waals surface area contributed by atoms with Gasteiger partial charge >= 0.3 is 0 Å². The lowest BCUT2D eigenvalue weighted by molar-refractivity contribution is 0.179. The maximum absolute atomic E-state index is 5.97. The standard InChI is InChI=1S/C16H24ClN3O.HI/c1-12(10-21-2)20-15(18)19-11-16(8-3-9-16)13-4-6-14(17)7-5-13;/h4-7,12H,3,8-11H2,1-2H3,(H3,18,19,20);1H. The summed E-state index contributed by atoms with van der Waals surface area (Å²) in [6.45, 7) is 3.34. The van der Waals surface area contributed by atoms with Crippen LogP contribution in [0.4, 0.5) is 0 Å². The smallest absolute Gasteiger partial charge is 0.188 e. The van der Waals surface area contributed by atoms with E-state index < -0.39 is 0 Å². The van der Waals surface area contributed by atoms with Crippen molar-refractivity contribution in [3.05, 3.63) is 34.9 Å². The monoisotopic (exact) mass is 437 g/mol. The molecule has 0 heterocycles. The number of nitrogens with two attached hydrogens (primary N) is 1. The molecular weight excluding hydrogens is 413 g/mol. The first-order chi connectivity index (χ1) is 10.1. The van der Waals surface area contributed by atoms with Gasteiger partial charge in [-0.05, 0) is 37.5 Å². The second-order valence-corrected chi connectivity index (χ2v) is 6.28. The fourth-order valence-corrected chi connectivity index (χ4v) is 2.90. The van der Waals surface area contributed by atoms with Gasteiger partial charge in [-0.25, -0.2) is 0 Å². The van der Waals surface area contributed by atoms with Gasteiger partial charge in [0.15, 0.2) is 5.96 Å². The first-order valence-electron chi connectivity index (χ1n) is 7.37. The van der Waals surface area contributed by atoms with Crippen LogP contribution in [0.1, 0.15) is 31.7 Å². The Balaban J connectivity index is 0.00000242. The van der Waals surface area contributed by atoms with Crippen LogP contribution in [-0.4, -0.2) is 32.3 Å². The SMILES string of the molecule is COCC(C)NC(N)=NCC1(c2ccc(Cl)cc2)CCC1.I. The van der Waals surface area contributed by atoms with Crippen molar-refractivity contribution in [3.63, 3.8) is 0 Å². The lowest BCUT2D eigenvalue weighted by Gasteiger charge is -2.41. The Labute approximate surface area is 154 Å². The molecule has 4 nitrogen and oxygen atoms in total. The molecule has 0 aliphatic heterocycles. The minimum absolute atomic E-state index is 0. The highest BCUT2D eigenvalue weighted by molar-refractivity contribution is 14.0. The quantitative estimate of drug-likeness (QED) is 0.408.